The van der Waals surface area contributed by atoms with Crippen molar-refractivity contribution >= 4 is 17.6 Å². The molecule has 0 aliphatic rings. The zero-order valence-electron chi connectivity index (χ0n) is 15.0. The van der Waals surface area contributed by atoms with Crippen LogP contribution in [0.25, 0.3) is 0 Å². The second-order valence-electron chi connectivity index (χ2n) is 6.58. The number of para-hydroxylation sites is 1. The molecule has 132 valence electrons. The summed E-state index contributed by atoms with van der Waals surface area (Å²) in [6.07, 6.45) is 0. The van der Waals surface area contributed by atoms with Crippen molar-refractivity contribution in [1.29, 1.82) is 0 Å². The number of likely N-dealkylation sites (N-methyl/N-ethyl adjacent to an activating group) is 1. The van der Waals surface area contributed by atoms with Crippen molar-refractivity contribution < 1.29 is 14.5 Å². The highest BCUT2D eigenvalue weighted by Crippen LogP contribution is 2.14. The molecule has 0 aliphatic heterocycles. The lowest BCUT2D eigenvalue weighted by atomic mass is 10.0. The van der Waals surface area contributed by atoms with Crippen molar-refractivity contribution in [2.45, 2.75) is 26.3 Å². The van der Waals surface area contributed by atoms with Gasteiger partial charge in [-0.25, -0.2) is 4.79 Å². The molecule has 0 bridgehead atoms. The van der Waals surface area contributed by atoms with Crippen molar-refractivity contribution in [2.75, 3.05) is 18.9 Å². The minimum atomic E-state index is -0.509. The lowest BCUT2D eigenvalue weighted by Gasteiger charge is -2.14. The lowest BCUT2D eigenvalue weighted by Crippen LogP contribution is -3.09. The fraction of sp³-hybridized carbons (Fsp3) is 0.300. The standard InChI is InChI=1S/C20H25N3O2/c1-15(2)17-11-9-16(10-12-17)13-23(3)14-19(24)22-20(25)21-18-7-5-4-6-8-18/h4-12,15H,13-14H2,1-3H3,(H2,21,22,24,25)/p+1. The number of quaternary nitrogens is 1. The zero-order chi connectivity index (χ0) is 18.2. The monoisotopic (exact) mass is 340 g/mol. The molecule has 0 heterocycles. The van der Waals surface area contributed by atoms with E-state index in [2.05, 4.69) is 48.7 Å². The summed E-state index contributed by atoms with van der Waals surface area (Å²) in [6, 6.07) is 17.0. The van der Waals surface area contributed by atoms with Crippen LogP contribution in [-0.2, 0) is 11.3 Å². The Balaban J connectivity index is 1.78. The molecule has 0 spiro atoms. The van der Waals surface area contributed by atoms with Gasteiger partial charge in [0.25, 0.3) is 5.91 Å². The first kappa shape index (κ1) is 18.7. The Morgan fingerprint density at radius 1 is 1.00 bits per heavy atom. The van der Waals surface area contributed by atoms with Gasteiger partial charge in [-0.05, 0) is 23.6 Å². The number of hydrogen-bond acceptors (Lipinski definition) is 2. The minimum absolute atomic E-state index is 0.230. The van der Waals surface area contributed by atoms with E-state index in [0.717, 1.165) is 11.4 Å². The van der Waals surface area contributed by atoms with Gasteiger partial charge in [-0.3, -0.25) is 10.1 Å². The van der Waals surface area contributed by atoms with Gasteiger partial charge in [0.2, 0.25) is 0 Å². The Morgan fingerprint density at radius 3 is 2.24 bits per heavy atom. The van der Waals surface area contributed by atoms with Crippen LogP contribution in [0.4, 0.5) is 10.5 Å². The van der Waals surface area contributed by atoms with E-state index in [4.69, 9.17) is 0 Å². The maximum atomic E-state index is 12.0. The highest BCUT2D eigenvalue weighted by molar-refractivity contribution is 6.01. The van der Waals surface area contributed by atoms with Gasteiger partial charge in [0, 0.05) is 11.3 Å². The van der Waals surface area contributed by atoms with Crippen LogP contribution in [0.1, 0.15) is 30.9 Å². The van der Waals surface area contributed by atoms with E-state index in [1.54, 1.807) is 12.1 Å². The molecule has 5 heteroatoms. The van der Waals surface area contributed by atoms with Crippen molar-refractivity contribution in [3.05, 3.63) is 65.7 Å². The van der Waals surface area contributed by atoms with Crippen molar-refractivity contribution in [3.8, 4) is 0 Å². The van der Waals surface area contributed by atoms with Gasteiger partial charge in [0.15, 0.2) is 6.54 Å². The minimum Gasteiger partial charge on any atom is -0.326 e. The van der Waals surface area contributed by atoms with Crippen molar-refractivity contribution in [1.82, 2.24) is 5.32 Å². The van der Waals surface area contributed by atoms with Crippen molar-refractivity contribution in [2.24, 2.45) is 0 Å². The SMILES string of the molecule is CC(C)c1ccc(C[NH+](C)CC(=O)NC(=O)Nc2ccccc2)cc1. The third-order valence-corrected chi connectivity index (χ3v) is 3.90. The molecule has 0 aromatic heterocycles. The van der Waals surface area contributed by atoms with Crippen LogP contribution in [0.5, 0.6) is 0 Å². The Bertz CT molecular complexity index is 697. The third-order valence-electron chi connectivity index (χ3n) is 3.90. The lowest BCUT2D eigenvalue weighted by molar-refractivity contribution is -0.885. The summed E-state index contributed by atoms with van der Waals surface area (Å²) in [4.78, 5) is 24.8. The van der Waals surface area contributed by atoms with Crippen LogP contribution >= 0.6 is 0 Å². The van der Waals surface area contributed by atoms with Crippen molar-refractivity contribution in [3.63, 3.8) is 0 Å². The van der Waals surface area contributed by atoms with E-state index >= 15 is 0 Å². The largest absolute Gasteiger partial charge is 0.326 e. The van der Waals surface area contributed by atoms with Gasteiger partial charge in [0.05, 0.1) is 7.05 Å². The van der Waals surface area contributed by atoms with E-state index in [-0.39, 0.29) is 12.5 Å². The van der Waals surface area contributed by atoms with Gasteiger partial charge < -0.3 is 10.2 Å². The molecule has 1 unspecified atom stereocenters. The van der Waals surface area contributed by atoms with Crippen LogP contribution < -0.4 is 15.5 Å². The molecule has 0 radical (unpaired) electrons. The smallest absolute Gasteiger partial charge is 0.326 e. The maximum Gasteiger partial charge on any atom is 0.326 e. The van der Waals surface area contributed by atoms with Gasteiger partial charge in [-0.2, -0.15) is 0 Å². The van der Waals surface area contributed by atoms with Crippen LogP contribution in [0.15, 0.2) is 54.6 Å². The number of anilines is 1. The van der Waals surface area contributed by atoms with Gasteiger partial charge in [0.1, 0.15) is 6.54 Å². The normalized spacial score (nSPS) is 11.8. The molecule has 3 amide bonds. The molecular formula is C20H26N3O2+. The summed E-state index contributed by atoms with van der Waals surface area (Å²) in [7, 11) is 1.94. The van der Waals surface area contributed by atoms with E-state index < -0.39 is 6.03 Å². The molecule has 0 fully saturated rings. The number of carbonyl (C=O) groups is 2. The first-order valence-corrected chi connectivity index (χ1v) is 8.50. The fourth-order valence-electron chi connectivity index (χ4n) is 2.56. The molecule has 3 N–H and O–H groups in total. The van der Waals surface area contributed by atoms with Gasteiger partial charge in [-0.15, -0.1) is 0 Å². The van der Waals surface area contributed by atoms with Crippen LogP contribution in [0.3, 0.4) is 0 Å². The molecule has 5 nitrogen and oxygen atoms in total. The first-order chi connectivity index (χ1) is 11.9. The van der Waals surface area contributed by atoms with E-state index in [0.29, 0.717) is 11.6 Å². The van der Waals surface area contributed by atoms with E-state index in [1.807, 2.05) is 25.2 Å². The third kappa shape index (κ3) is 6.39. The summed E-state index contributed by atoms with van der Waals surface area (Å²) >= 11 is 0. The second-order valence-corrected chi connectivity index (χ2v) is 6.58. The summed E-state index contributed by atoms with van der Waals surface area (Å²) in [6.45, 7) is 5.29. The molecule has 2 rings (SSSR count). The summed E-state index contributed by atoms with van der Waals surface area (Å²) < 4.78 is 0. The quantitative estimate of drug-likeness (QED) is 0.755. The first-order valence-electron chi connectivity index (χ1n) is 8.50. The zero-order valence-corrected chi connectivity index (χ0v) is 15.0. The maximum absolute atomic E-state index is 12.0. The molecule has 0 saturated heterocycles. The molecule has 2 aromatic carbocycles. The number of rotatable bonds is 6. The number of carbonyl (C=O) groups excluding carboxylic acids is 2. The number of hydrogen-bond donors (Lipinski definition) is 3. The van der Waals surface area contributed by atoms with E-state index in [1.165, 1.54) is 11.1 Å². The summed E-state index contributed by atoms with van der Waals surface area (Å²) in [5.41, 5.74) is 3.12. The topological polar surface area (TPSA) is 62.6 Å². The average molecular weight is 340 g/mol. The Hall–Kier alpha value is -2.66. The Labute approximate surface area is 149 Å². The molecule has 25 heavy (non-hydrogen) atoms. The Kier molecular flexibility index (Phi) is 6.71. The molecule has 0 saturated carbocycles. The predicted octanol–water partition coefficient (Wildman–Crippen LogP) is 2.17. The number of amides is 3. The predicted molar refractivity (Wildman–Crippen MR) is 99.6 cm³/mol. The number of imide groups is 1. The van der Waals surface area contributed by atoms with Gasteiger partial charge in [-0.1, -0.05) is 56.3 Å². The Morgan fingerprint density at radius 2 is 1.64 bits per heavy atom. The van der Waals surface area contributed by atoms with Crippen LogP contribution in [0, 0.1) is 0 Å². The number of urea groups is 1. The highest BCUT2D eigenvalue weighted by atomic mass is 16.2. The summed E-state index contributed by atoms with van der Waals surface area (Å²) in [5, 5.41) is 4.99. The number of nitrogens with one attached hydrogen (secondary N) is 3. The summed E-state index contributed by atoms with van der Waals surface area (Å²) in [5.74, 6) is 0.206. The molecule has 1 atom stereocenters. The molecular weight excluding hydrogens is 314 g/mol. The van der Waals surface area contributed by atoms with Gasteiger partial charge >= 0.3 is 6.03 Å². The fourth-order valence-corrected chi connectivity index (χ4v) is 2.56. The van der Waals surface area contributed by atoms with Crippen LogP contribution in [0.2, 0.25) is 0 Å². The second kappa shape index (κ2) is 8.99. The van der Waals surface area contributed by atoms with E-state index in [9.17, 15) is 9.59 Å². The highest BCUT2D eigenvalue weighted by Gasteiger charge is 2.14. The average Bonchev–Trinajstić information content (AvgIpc) is 2.55. The van der Waals surface area contributed by atoms with Crippen LogP contribution in [-0.4, -0.2) is 25.5 Å². The molecule has 0 aliphatic carbocycles. The number of benzene rings is 2. The molecule has 2 aromatic rings.